The van der Waals surface area contributed by atoms with Crippen molar-refractivity contribution < 1.29 is 13.2 Å². The highest BCUT2D eigenvalue weighted by atomic mass is 32.2. The summed E-state index contributed by atoms with van der Waals surface area (Å²) in [5.41, 5.74) is 0.514. The van der Waals surface area contributed by atoms with Gasteiger partial charge in [-0.3, -0.25) is 4.79 Å². The highest BCUT2D eigenvalue weighted by Gasteiger charge is 2.34. The number of carbonyl (C=O) groups is 1. The maximum Gasteiger partial charge on any atom is 0.246 e. The molecule has 2 atom stereocenters. The van der Waals surface area contributed by atoms with E-state index < -0.39 is 9.84 Å². The number of fused-ring (bicyclic) bond motifs is 1. The Morgan fingerprint density at radius 2 is 2.05 bits per heavy atom. The van der Waals surface area contributed by atoms with Crippen LogP contribution in [0, 0.1) is 6.92 Å². The molecule has 0 aliphatic carbocycles. The molecule has 2 aliphatic rings. The first kappa shape index (κ1) is 15.0. The van der Waals surface area contributed by atoms with E-state index >= 15 is 0 Å². The second-order valence-corrected chi connectivity index (χ2v) is 8.07. The molecule has 1 saturated heterocycles. The standard InChI is InChI=1S/C13H19N5O3S/c1-7-13(19)17-10-11(14-7)15-8(2)16-12(10)18(3)9-4-5-22(20,21)6-9/h7,9H,4-6H2,1-3H3,(H,17,19)(H,14,15,16). The van der Waals surface area contributed by atoms with Gasteiger partial charge in [0.2, 0.25) is 5.91 Å². The van der Waals surface area contributed by atoms with Crippen molar-refractivity contribution >= 4 is 33.1 Å². The van der Waals surface area contributed by atoms with E-state index in [1.807, 2.05) is 4.90 Å². The van der Waals surface area contributed by atoms with Crippen LogP contribution in [-0.2, 0) is 14.6 Å². The zero-order chi connectivity index (χ0) is 16.1. The predicted octanol–water partition coefficient (Wildman–Crippen LogP) is 0.161. The second-order valence-electron chi connectivity index (χ2n) is 5.84. The first-order valence-corrected chi connectivity index (χ1v) is 8.98. The average Bonchev–Trinajstić information content (AvgIpc) is 2.79. The van der Waals surface area contributed by atoms with Gasteiger partial charge in [0.25, 0.3) is 0 Å². The maximum absolute atomic E-state index is 11.9. The number of rotatable bonds is 2. The van der Waals surface area contributed by atoms with E-state index in [0.717, 1.165) is 0 Å². The fourth-order valence-corrected chi connectivity index (χ4v) is 4.56. The third kappa shape index (κ3) is 2.60. The van der Waals surface area contributed by atoms with E-state index in [2.05, 4.69) is 20.6 Å². The summed E-state index contributed by atoms with van der Waals surface area (Å²) in [6.07, 6.45) is 0.564. The second kappa shape index (κ2) is 5.08. The van der Waals surface area contributed by atoms with Gasteiger partial charge < -0.3 is 15.5 Å². The van der Waals surface area contributed by atoms with E-state index in [-0.39, 0.29) is 29.5 Å². The van der Waals surface area contributed by atoms with Crippen molar-refractivity contribution in [3.8, 4) is 0 Å². The van der Waals surface area contributed by atoms with Gasteiger partial charge in [-0.05, 0) is 20.3 Å². The lowest BCUT2D eigenvalue weighted by molar-refractivity contribution is -0.116. The zero-order valence-corrected chi connectivity index (χ0v) is 13.6. The summed E-state index contributed by atoms with van der Waals surface area (Å²) >= 11 is 0. The molecule has 1 amide bonds. The number of anilines is 3. The van der Waals surface area contributed by atoms with E-state index in [4.69, 9.17) is 0 Å². The highest BCUT2D eigenvalue weighted by Crippen LogP contribution is 2.35. The molecular weight excluding hydrogens is 306 g/mol. The first-order chi connectivity index (χ1) is 10.3. The molecule has 0 aromatic carbocycles. The molecule has 0 bridgehead atoms. The summed E-state index contributed by atoms with van der Waals surface area (Å²) in [7, 11) is -1.18. The lowest BCUT2D eigenvalue weighted by atomic mass is 10.2. The van der Waals surface area contributed by atoms with Crippen molar-refractivity contribution in [1.82, 2.24) is 9.97 Å². The van der Waals surface area contributed by atoms with Crippen molar-refractivity contribution in [3.63, 3.8) is 0 Å². The summed E-state index contributed by atoms with van der Waals surface area (Å²) in [6, 6.07) is -0.508. The smallest absolute Gasteiger partial charge is 0.246 e. The molecule has 1 aromatic rings. The number of amides is 1. The molecule has 9 heteroatoms. The van der Waals surface area contributed by atoms with Gasteiger partial charge in [0, 0.05) is 13.1 Å². The van der Waals surface area contributed by atoms with Crippen molar-refractivity contribution in [1.29, 1.82) is 0 Å². The molecule has 2 unspecified atom stereocenters. The third-order valence-corrected chi connectivity index (χ3v) is 5.84. The van der Waals surface area contributed by atoms with Crippen LogP contribution in [0.5, 0.6) is 0 Å². The van der Waals surface area contributed by atoms with E-state index in [1.165, 1.54) is 0 Å². The molecule has 120 valence electrons. The Labute approximate surface area is 129 Å². The van der Waals surface area contributed by atoms with Crippen molar-refractivity contribution in [3.05, 3.63) is 5.82 Å². The van der Waals surface area contributed by atoms with Crippen LogP contribution in [0.15, 0.2) is 0 Å². The molecule has 8 nitrogen and oxygen atoms in total. The molecule has 0 radical (unpaired) electrons. The monoisotopic (exact) mass is 325 g/mol. The van der Waals surface area contributed by atoms with Crippen LogP contribution in [0.25, 0.3) is 0 Å². The Kier molecular flexibility index (Phi) is 3.47. The molecule has 3 rings (SSSR count). The first-order valence-electron chi connectivity index (χ1n) is 7.16. The molecule has 0 saturated carbocycles. The Balaban J connectivity index is 1.99. The number of hydrogen-bond acceptors (Lipinski definition) is 7. The van der Waals surface area contributed by atoms with Crippen LogP contribution in [0.2, 0.25) is 0 Å². The Morgan fingerprint density at radius 3 is 2.68 bits per heavy atom. The number of hydrogen-bond donors (Lipinski definition) is 2. The normalized spacial score (nSPS) is 26.0. The number of nitrogens with one attached hydrogen (secondary N) is 2. The van der Waals surface area contributed by atoms with Crippen LogP contribution in [0.1, 0.15) is 19.2 Å². The lowest BCUT2D eigenvalue weighted by Crippen LogP contribution is -2.40. The van der Waals surface area contributed by atoms with Gasteiger partial charge in [-0.25, -0.2) is 18.4 Å². The fourth-order valence-electron chi connectivity index (χ4n) is 2.79. The van der Waals surface area contributed by atoms with Crippen molar-refractivity contribution in [2.45, 2.75) is 32.4 Å². The molecule has 1 fully saturated rings. The fraction of sp³-hybridized carbons (Fsp3) is 0.615. The molecule has 22 heavy (non-hydrogen) atoms. The summed E-state index contributed by atoms with van der Waals surface area (Å²) in [5, 5.41) is 5.86. The largest absolute Gasteiger partial charge is 0.357 e. The van der Waals surface area contributed by atoms with Crippen LogP contribution in [-0.4, -0.2) is 54.9 Å². The number of carbonyl (C=O) groups excluding carboxylic acids is 1. The maximum atomic E-state index is 11.9. The number of aromatic nitrogens is 2. The van der Waals surface area contributed by atoms with E-state index in [9.17, 15) is 13.2 Å². The summed E-state index contributed by atoms with van der Waals surface area (Å²) in [5.74, 6) is 1.83. The van der Waals surface area contributed by atoms with Crippen molar-refractivity contribution in [2.75, 3.05) is 34.1 Å². The van der Waals surface area contributed by atoms with Gasteiger partial charge in [0.15, 0.2) is 21.5 Å². The Hall–Kier alpha value is -1.90. The van der Waals surface area contributed by atoms with Gasteiger partial charge >= 0.3 is 0 Å². The minimum absolute atomic E-state index is 0.110. The van der Waals surface area contributed by atoms with Crippen LogP contribution < -0.4 is 15.5 Å². The predicted molar refractivity (Wildman–Crippen MR) is 83.9 cm³/mol. The van der Waals surface area contributed by atoms with Crippen molar-refractivity contribution in [2.24, 2.45) is 0 Å². The summed E-state index contributed by atoms with van der Waals surface area (Å²) in [6.45, 7) is 3.52. The Morgan fingerprint density at radius 1 is 1.32 bits per heavy atom. The summed E-state index contributed by atoms with van der Waals surface area (Å²) < 4.78 is 23.4. The third-order valence-electron chi connectivity index (χ3n) is 4.09. The molecule has 2 N–H and O–H groups in total. The quantitative estimate of drug-likeness (QED) is 0.798. The number of nitrogens with zero attached hydrogens (tertiary/aromatic N) is 3. The van der Waals surface area contributed by atoms with E-state index in [0.29, 0.717) is 29.6 Å². The molecule has 0 spiro atoms. The average molecular weight is 325 g/mol. The number of sulfone groups is 1. The zero-order valence-electron chi connectivity index (χ0n) is 12.8. The highest BCUT2D eigenvalue weighted by molar-refractivity contribution is 7.91. The molecule has 2 aliphatic heterocycles. The topological polar surface area (TPSA) is 104 Å². The van der Waals surface area contributed by atoms with Gasteiger partial charge in [-0.15, -0.1) is 0 Å². The van der Waals surface area contributed by atoms with Gasteiger partial charge in [0.1, 0.15) is 17.6 Å². The van der Waals surface area contributed by atoms with Crippen LogP contribution in [0.4, 0.5) is 17.3 Å². The molecule has 3 heterocycles. The molecule has 1 aromatic heterocycles. The van der Waals surface area contributed by atoms with Crippen LogP contribution >= 0.6 is 0 Å². The van der Waals surface area contributed by atoms with Gasteiger partial charge in [-0.1, -0.05) is 0 Å². The SMILES string of the molecule is Cc1nc2c(c(N(C)C3CCS(=O)(=O)C3)n1)NC(=O)C(C)N2. The minimum Gasteiger partial charge on any atom is -0.357 e. The number of aryl methyl sites for hydroxylation is 1. The van der Waals surface area contributed by atoms with Crippen LogP contribution in [0.3, 0.4) is 0 Å². The van der Waals surface area contributed by atoms with E-state index in [1.54, 1.807) is 20.9 Å². The molecular formula is C13H19N5O3S. The minimum atomic E-state index is -2.99. The van der Waals surface area contributed by atoms with Gasteiger partial charge in [0.05, 0.1) is 11.5 Å². The summed E-state index contributed by atoms with van der Waals surface area (Å²) in [4.78, 5) is 22.4. The van der Waals surface area contributed by atoms with Gasteiger partial charge in [-0.2, -0.15) is 0 Å². The lowest BCUT2D eigenvalue weighted by Gasteiger charge is -2.31. The Bertz CT molecular complexity index is 733.